The smallest absolute Gasteiger partial charge is 0.254 e. The summed E-state index contributed by atoms with van der Waals surface area (Å²) in [5.74, 6) is 0.413. The van der Waals surface area contributed by atoms with Gasteiger partial charge in [-0.05, 0) is 90.9 Å². The van der Waals surface area contributed by atoms with Crippen LogP contribution in [-0.4, -0.2) is 60.0 Å². The molecule has 1 atom stereocenters. The number of hydrogen-bond acceptors (Lipinski definition) is 5. The van der Waals surface area contributed by atoms with Gasteiger partial charge in [0, 0.05) is 48.5 Å². The fourth-order valence-electron chi connectivity index (χ4n) is 7.89. The SMILES string of the molecule is CC1=CC(C)=C(CN2CCc3c(Cl)c4c(c(C)c3C2=O)OC(C)(C23CCC(N(C)C)(CC2)CC3)O4)C(=O)C1. The summed E-state index contributed by atoms with van der Waals surface area (Å²) in [5.41, 5.74) is 5.19. The average Bonchev–Trinajstić information content (AvgIpc) is 3.26. The van der Waals surface area contributed by atoms with Crippen LogP contribution in [0, 0.1) is 12.3 Å². The van der Waals surface area contributed by atoms with Gasteiger partial charge in [-0.2, -0.15) is 0 Å². The molecule has 7 rings (SSSR count). The quantitative estimate of drug-likeness (QED) is 0.469. The van der Waals surface area contributed by atoms with E-state index in [9.17, 15) is 9.59 Å². The van der Waals surface area contributed by atoms with Crippen LogP contribution in [0.5, 0.6) is 11.5 Å². The van der Waals surface area contributed by atoms with E-state index in [0.29, 0.717) is 48.0 Å². The molecule has 3 saturated carbocycles. The minimum Gasteiger partial charge on any atom is -0.448 e. The van der Waals surface area contributed by atoms with E-state index in [1.807, 2.05) is 20.8 Å². The Morgan fingerprint density at radius 1 is 1.00 bits per heavy atom. The zero-order chi connectivity index (χ0) is 27.2. The number of benzene rings is 1. The number of rotatable bonds is 4. The molecule has 1 aromatic rings. The molecule has 7 heteroatoms. The van der Waals surface area contributed by atoms with Crippen molar-refractivity contribution in [2.75, 3.05) is 27.2 Å². The number of carbonyl (C=O) groups is 2. The highest BCUT2D eigenvalue weighted by Gasteiger charge is 2.62. The van der Waals surface area contributed by atoms with Gasteiger partial charge in [-0.25, -0.2) is 0 Å². The van der Waals surface area contributed by atoms with Gasteiger partial charge in [-0.15, -0.1) is 0 Å². The van der Waals surface area contributed by atoms with E-state index in [-0.39, 0.29) is 22.6 Å². The summed E-state index contributed by atoms with van der Waals surface area (Å²) in [6, 6.07) is 0. The Labute approximate surface area is 231 Å². The van der Waals surface area contributed by atoms with Gasteiger partial charge in [0.25, 0.3) is 11.7 Å². The van der Waals surface area contributed by atoms with Crippen molar-refractivity contribution < 1.29 is 19.1 Å². The Kier molecular flexibility index (Phi) is 5.87. The Hall–Kier alpha value is -2.31. The molecule has 6 aliphatic rings. The van der Waals surface area contributed by atoms with Crippen LogP contribution >= 0.6 is 11.6 Å². The number of allylic oxidation sites excluding steroid dienone is 3. The molecule has 1 unspecified atom stereocenters. The van der Waals surface area contributed by atoms with Gasteiger partial charge < -0.3 is 19.3 Å². The number of Topliss-reactive ketones (excluding diaryl/α,β-unsaturated/α-hetero) is 1. The van der Waals surface area contributed by atoms with Crippen LogP contribution in [0.1, 0.15) is 87.2 Å². The highest BCUT2D eigenvalue weighted by atomic mass is 35.5. The summed E-state index contributed by atoms with van der Waals surface area (Å²) < 4.78 is 13.4. The molecule has 3 fully saturated rings. The zero-order valence-electron chi connectivity index (χ0n) is 23.6. The molecule has 0 spiro atoms. The Bertz CT molecular complexity index is 1300. The maximum absolute atomic E-state index is 13.8. The van der Waals surface area contributed by atoms with E-state index in [4.69, 9.17) is 21.1 Å². The molecule has 1 amide bonds. The topological polar surface area (TPSA) is 59.1 Å². The minimum absolute atomic E-state index is 0.0763. The van der Waals surface area contributed by atoms with Crippen molar-refractivity contribution in [3.05, 3.63) is 44.5 Å². The predicted molar refractivity (Wildman–Crippen MR) is 148 cm³/mol. The number of nitrogens with zero attached hydrogens (tertiary/aromatic N) is 2. The van der Waals surface area contributed by atoms with Crippen LogP contribution in [0.3, 0.4) is 0 Å². The number of ether oxygens (including phenoxy) is 2. The maximum Gasteiger partial charge on any atom is 0.254 e. The molecule has 2 heterocycles. The van der Waals surface area contributed by atoms with Gasteiger partial charge in [-0.1, -0.05) is 23.3 Å². The Morgan fingerprint density at radius 3 is 2.24 bits per heavy atom. The van der Waals surface area contributed by atoms with Crippen molar-refractivity contribution in [3.63, 3.8) is 0 Å². The summed E-state index contributed by atoms with van der Waals surface area (Å²) >= 11 is 6.99. The number of ketones is 1. The molecule has 38 heavy (non-hydrogen) atoms. The fourth-order valence-corrected chi connectivity index (χ4v) is 8.20. The number of amides is 1. The van der Waals surface area contributed by atoms with E-state index in [1.165, 1.54) is 0 Å². The normalized spacial score (nSPS) is 32.3. The number of hydrogen-bond donors (Lipinski definition) is 0. The molecule has 0 aromatic heterocycles. The molecule has 0 radical (unpaired) electrons. The summed E-state index contributed by atoms with van der Waals surface area (Å²) in [5, 5.41) is 0.505. The molecule has 4 aliphatic carbocycles. The summed E-state index contributed by atoms with van der Waals surface area (Å²) in [6.45, 7) is 8.80. The fraction of sp³-hybridized carbons (Fsp3) is 0.613. The van der Waals surface area contributed by atoms with E-state index >= 15 is 0 Å². The summed E-state index contributed by atoms with van der Waals surface area (Å²) in [6.07, 6.45) is 9.66. The minimum atomic E-state index is -0.810. The Balaban J connectivity index is 1.31. The molecular formula is C31H39ClN2O4. The number of fused-ring (bicyclic) bond motifs is 5. The highest BCUT2D eigenvalue weighted by Crippen LogP contribution is 2.63. The second-order valence-corrected chi connectivity index (χ2v) is 13.1. The van der Waals surface area contributed by atoms with Crippen molar-refractivity contribution in [2.24, 2.45) is 5.41 Å². The molecule has 2 aliphatic heterocycles. The van der Waals surface area contributed by atoms with Gasteiger partial charge in [-0.3, -0.25) is 9.59 Å². The first kappa shape index (κ1) is 25.9. The van der Waals surface area contributed by atoms with Gasteiger partial charge in [0.15, 0.2) is 17.3 Å². The first-order chi connectivity index (χ1) is 17.9. The molecule has 2 bridgehead atoms. The van der Waals surface area contributed by atoms with Crippen LogP contribution in [0.25, 0.3) is 0 Å². The lowest BCUT2D eigenvalue weighted by molar-refractivity contribution is -0.211. The van der Waals surface area contributed by atoms with Crippen LogP contribution in [0.2, 0.25) is 5.02 Å². The van der Waals surface area contributed by atoms with Crippen LogP contribution in [-0.2, 0) is 11.2 Å². The zero-order valence-corrected chi connectivity index (χ0v) is 24.3. The number of halogens is 1. The third-order valence-electron chi connectivity index (χ3n) is 10.6. The second kappa shape index (κ2) is 8.59. The lowest BCUT2D eigenvalue weighted by Gasteiger charge is -2.59. The van der Waals surface area contributed by atoms with E-state index in [0.717, 1.165) is 66.4 Å². The first-order valence-electron chi connectivity index (χ1n) is 14.0. The van der Waals surface area contributed by atoms with Gasteiger partial charge in [0.2, 0.25) is 0 Å². The second-order valence-electron chi connectivity index (χ2n) is 12.7. The van der Waals surface area contributed by atoms with Crippen molar-refractivity contribution in [1.82, 2.24) is 9.80 Å². The molecule has 204 valence electrons. The standard InChI is InChI=1S/C31H39ClN2O4/c1-18-15-19(2)22(23(35)16-18)17-34-14-7-21-24(28(34)36)20(3)26-27(25(21)32)38-29(4,37-26)30-8-11-31(12-9-30,13-10-30)33(5)6/h15H,7-14,16-17H2,1-6H3. The molecular weight excluding hydrogens is 500 g/mol. The van der Waals surface area contributed by atoms with Crippen LogP contribution in [0.4, 0.5) is 0 Å². The third kappa shape index (κ3) is 3.55. The van der Waals surface area contributed by atoms with Gasteiger partial charge >= 0.3 is 0 Å². The van der Waals surface area contributed by atoms with Gasteiger partial charge in [0.1, 0.15) is 0 Å². The molecule has 6 nitrogen and oxygen atoms in total. The Morgan fingerprint density at radius 2 is 1.63 bits per heavy atom. The average molecular weight is 539 g/mol. The maximum atomic E-state index is 13.8. The van der Waals surface area contributed by atoms with Crippen molar-refractivity contribution >= 4 is 23.3 Å². The summed E-state index contributed by atoms with van der Waals surface area (Å²) in [7, 11) is 4.40. The largest absolute Gasteiger partial charge is 0.448 e. The third-order valence-corrected chi connectivity index (χ3v) is 11.0. The van der Waals surface area contributed by atoms with Crippen LogP contribution in [0.15, 0.2) is 22.8 Å². The highest BCUT2D eigenvalue weighted by molar-refractivity contribution is 6.34. The van der Waals surface area contributed by atoms with E-state index in [2.05, 4.69) is 32.0 Å². The van der Waals surface area contributed by atoms with Crippen LogP contribution < -0.4 is 9.47 Å². The van der Waals surface area contributed by atoms with Gasteiger partial charge in [0.05, 0.1) is 10.6 Å². The van der Waals surface area contributed by atoms with E-state index < -0.39 is 5.79 Å². The lowest BCUT2D eigenvalue weighted by atomic mass is 9.54. The number of carbonyl (C=O) groups excluding carboxylic acids is 2. The molecule has 0 N–H and O–H groups in total. The van der Waals surface area contributed by atoms with Crippen molar-refractivity contribution in [3.8, 4) is 11.5 Å². The summed E-state index contributed by atoms with van der Waals surface area (Å²) in [4.78, 5) is 30.8. The van der Waals surface area contributed by atoms with Crippen molar-refractivity contribution in [1.29, 1.82) is 0 Å². The first-order valence-corrected chi connectivity index (χ1v) is 14.4. The van der Waals surface area contributed by atoms with Crippen molar-refractivity contribution in [2.45, 2.75) is 90.4 Å². The molecule has 0 saturated heterocycles. The lowest BCUT2D eigenvalue weighted by Crippen LogP contribution is -2.62. The monoisotopic (exact) mass is 538 g/mol. The predicted octanol–water partition coefficient (Wildman–Crippen LogP) is 6.02. The molecule has 1 aromatic carbocycles. The van der Waals surface area contributed by atoms with E-state index in [1.54, 1.807) is 4.90 Å².